The monoisotopic (exact) mass is 385 g/mol. The fraction of sp³-hybridized carbons (Fsp3) is 0.412. The number of anilines is 1. The van der Waals surface area contributed by atoms with Crippen molar-refractivity contribution in [2.24, 2.45) is 0 Å². The van der Waals surface area contributed by atoms with Gasteiger partial charge in [-0.25, -0.2) is 9.37 Å². The minimum atomic E-state index is -0.803. The highest BCUT2D eigenvalue weighted by molar-refractivity contribution is 7.15. The van der Waals surface area contributed by atoms with E-state index >= 15 is 0 Å². The lowest BCUT2D eigenvalue weighted by atomic mass is 9.91. The molecule has 1 aromatic carbocycles. The second kappa shape index (κ2) is 8.71. The molecule has 0 aliphatic carbocycles. The van der Waals surface area contributed by atoms with E-state index in [2.05, 4.69) is 15.6 Å². The van der Waals surface area contributed by atoms with Crippen molar-refractivity contribution in [3.05, 3.63) is 46.7 Å². The Balaban J connectivity index is 0.00000225. The number of carbonyl (C=O) groups is 1. The van der Waals surface area contributed by atoms with Gasteiger partial charge in [-0.05, 0) is 37.6 Å². The number of aromatic nitrogens is 1. The van der Waals surface area contributed by atoms with Crippen LogP contribution in [0.25, 0.3) is 0 Å². The molecule has 0 saturated carbocycles. The Hall–Kier alpha value is -1.54. The third kappa shape index (κ3) is 4.55. The van der Waals surface area contributed by atoms with Crippen molar-refractivity contribution in [3.8, 4) is 0 Å². The first-order valence-electron chi connectivity index (χ1n) is 7.88. The zero-order valence-electron chi connectivity index (χ0n) is 13.9. The minimum Gasteiger partial charge on any atom is -0.368 e. The van der Waals surface area contributed by atoms with E-state index < -0.39 is 5.60 Å². The molecule has 2 aromatic rings. The molecule has 1 aliphatic rings. The van der Waals surface area contributed by atoms with E-state index in [1.54, 1.807) is 25.4 Å². The molecule has 8 heteroatoms. The van der Waals surface area contributed by atoms with Crippen LogP contribution in [0.2, 0.25) is 0 Å². The summed E-state index contributed by atoms with van der Waals surface area (Å²) in [5.41, 5.74) is -0.187. The number of rotatable bonds is 5. The van der Waals surface area contributed by atoms with Crippen molar-refractivity contribution in [3.63, 3.8) is 0 Å². The number of hydrogen-bond acceptors (Lipinski definition) is 5. The van der Waals surface area contributed by atoms with Crippen LogP contribution in [0.15, 0.2) is 30.5 Å². The van der Waals surface area contributed by atoms with Gasteiger partial charge in [0.25, 0.3) is 5.91 Å². The summed E-state index contributed by atoms with van der Waals surface area (Å²) in [6.07, 6.45) is 3.39. The maximum Gasteiger partial charge on any atom is 0.258 e. The summed E-state index contributed by atoms with van der Waals surface area (Å²) in [6, 6.07) is 6.67. The average molecular weight is 386 g/mol. The van der Waals surface area contributed by atoms with Gasteiger partial charge in [0.2, 0.25) is 0 Å². The molecule has 0 radical (unpaired) electrons. The molecule has 5 nitrogen and oxygen atoms in total. The molecule has 2 N–H and O–H groups in total. The average Bonchev–Trinajstić information content (AvgIpc) is 3.04. The number of amides is 1. The van der Waals surface area contributed by atoms with Crippen LogP contribution in [0.3, 0.4) is 0 Å². The molecule has 3 rings (SSSR count). The Kier molecular flexibility index (Phi) is 6.89. The van der Waals surface area contributed by atoms with Crippen molar-refractivity contribution in [1.82, 2.24) is 10.3 Å². The number of halogens is 2. The van der Waals surface area contributed by atoms with Gasteiger partial charge in [-0.3, -0.25) is 10.1 Å². The highest BCUT2D eigenvalue weighted by Crippen LogP contribution is 2.27. The molecule has 0 spiro atoms. The minimum absolute atomic E-state index is 0. The summed E-state index contributed by atoms with van der Waals surface area (Å²) in [7, 11) is 1.57. The molecular formula is C17H21ClFN3O2S. The molecular weight excluding hydrogens is 365 g/mol. The normalized spacial score (nSPS) is 16.1. The first-order chi connectivity index (χ1) is 11.6. The van der Waals surface area contributed by atoms with E-state index in [4.69, 9.17) is 4.74 Å². The summed E-state index contributed by atoms with van der Waals surface area (Å²) in [5, 5.41) is 6.58. The Labute approximate surface area is 156 Å². The zero-order valence-corrected chi connectivity index (χ0v) is 15.5. The van der Waals surface area contributed by atoms with Crippen LogP contribution in [0.1, 0.15) is 23.3 Å². The van der Waals surface area contributed by atoms with E-state index in [1.807, 2.05) is 6.07 Å². The van der Waals surface area contributed by atoms with Crippen LogP contribution in [-0.4, -0.2) is 36.7 Å². The molecule has 0 bridgehead atoms. The first-order valence-corrected chi connectivity index (χ1v) is 8.70. The number of thiazole rings is 1. The van der Waals surface area contributed by atoms with Crippen molar-refractivity contribution in [2.45, 2.75) is 24.9 Å². The fourth-order valence-electron chi connectivity index (χ4n) is 2.84. The highest BCUT2D eigenvalue weighted by Gasteiger charge is 2.40. The van der Waals surface area contributed by atoms with Gasteiger partial charge in [-0.15, -0.1) is 23.7 Å². The van der Waals surface area contributed by atoms with Crippen LogP contribution in [0, 0.1) is 5.82 Å². The largest absolute Gasteiger partial charge is 0.368 e. The van der Waals surface area contributed by atoms with E-state index in [0.717, 1.165) is 18.0 Å². The van der Waals surface area contributed by atoms with Crippen LogP contribution in [-0.2, 0) is 16.0 Å². The molecule has 1 aromatic heterocycles. The van der Waals surface area contributed by atoms with Crippen LogP contribution >= 0.6 is 23.7 Å². The third-order valence-electron chi connectivity index (χ3n) is 4.31. The summed E-state index contributed by atoms with van der Waals surface area (Å²) < 4.78 is 19.2. The SMILES string of the molecule is COC1(C(=O)Nc2ncc(Cc3ccccc3F)s2)CCNCC1.Cl. The number of nitrogens with zero attached hydrogens (tertiary/aromatic N) is 1. The molecule has 1 saturated heterocycles. The topological polar surface area (TPSA) is 63.2 Å². The van der Waals surface area contributed by atoms with Crippen molar-refractivity contribution in [1.29, 1.82) is 0 Å². The lowest BCUT2D eigenvalue weighted by Gasteiger charge is -2.34. The lowest BCUT2D eigenvalue weighted by molar-refractivity contribution is -0.140. The van der Waals surface area contributed by atoms with Crippen LogP contribution < -0.4 is 10.6 Å². The second-order valence-corrected chi connectivity index (χ2v) is 6.92. The van der Waals surface area contributed by atoms with Crippen molar-refractivity contribution < 1.29 is 13.9 Å². The Bertz CT molecular complexity index is 719. The van der Waals surface area contributed by atoms with Gasteiger partial charge in [0.15, 0.2) is 5.13 Å². The van der Waals surface area contributed by atoms with Crippen LogP contribution in [0.4, 0.5) is 9.52 Å². The molecule has 1 amide bonds. The second-order valence-electron chi connectivity index (χ2n) is 5.80. The van der Waals surface area contributed by atoms with Crippen molar-refractivity contribution >= 4 is 34.8 Å². The molecule has 1 aliphatic heterocycles. The van der Waals surface area contributed by atoms with Gasteiger partial charge < -0.3 is 10.1 Å². The number of ether oxygens (including phenoxy) is 1. The lowest BCUT2D eigenvalue weighted by Crippen LogP contribution is -2.51. The number of nitrogens with one attached hydrogen (secondary N) is 2. The molecule has 0 atom stereocenters. The summed E-state index contributed by atoms with van der Waals surface area (Å²) in [6.45, 7) is 1.50. The molecule has 1 fully saturated rings. The summed E-state index contributed by atoms with van der Waals surface area (Å²) >= 11 is 1.36. The first kappa shape index (κ1) is 19.8. The van der Waals surface area contributed by atoms with E-state index in [9.17, 15) is 9.18 Å². The van der Waals surface area contributed by atoms with E-state index in [0.29, 0.717) is 30.0 Å². The molecule has 25 heavy (non-hydrogen) atoms. The maximum absolute atomic E-state index is 13.7. The smallest absolute Gasteiger partial charge is 0.258 e. The van der Waals surface area contributed by atoms with Gasteiger partial charge in [0.05, 0.1) is 0 Å². The number of benzene rings is 1. The van der Waals surface area contributed by atoms with E-state index in [-0.39, 0.29) is 24.1 Å². The standard InChI is InChI=1S/C17H20FN3O2S.ClH/c1-23-17(6-8-19-9-7-17)15(22)21-16-20-11-13(24-16)10-12-4-2-3-5-14(12)18;/h2-5,11,19H,6-10H2,1H3,(H,20,21,22);1H. The molecule has 2 heterocycles. The Morgan fingerprint density at radius 2 is 2.12 bits per heavy atom. The summed E-state index contributed by atoms with van der Waals surface area (Å²) in [4.78, 5) is 17.7. The fourth-order valence-corrected chi connectivity index (χ4v) is 3.67. The third-order valence-corrected chi connectivity index (χ3v) is 5.23. The maximum atomic E-state index is 13.7. The van der Waals surface area contributed by atoms with Gasteiger partial charge in [-0.1, -0.05) is 18.2 Å². The zero-order chi connectivity index (χ0) is 17.0. The quantitative estimate of drug-likeness (QED) is 0.830. The molecule has 136 valence electrons. The Morgan fingerprint density at radius 3 is 2.80 bits per heavy atom. The van der Waals surface area contributed by atoms with Crippen LogP contribution in [0.5, 0.6) is 0 Å². The number of methoxy groups -OCH3 is 1. The Morgan fingerprint density at radius 1 is 1.40 bits per heavy atom. The number of carbonyl (C=O) groups excluding carboxylic acids is 1. The van der Waals surface area contributed by atoms with Crippen molar-refractivity contribution in [2.75, 3.05) is 25.5 Å². The molecule has 0 unspecified atom stereocenters. The number of piperidine rings is 1. The van der Waals surface area contributed by atoms with Gasteiger partial charge in [0.1, 0.15) is 11.4 Å². The van der Waals surface area contributed by atoms with Gasteiger partial charge >= 0.3 is 0 Å². The van der Waals surface area contributed by atoms with Gasteiger partial charge in [-0.2, -0.15) is 0 Å². The predicted molar refractivity (Wildman–Crippen MR) is 99.0 cm³/mol. The van der Waals surface area contributed by atoms with Gasteiger partial charge in [0, 0.05) is 24.6 Å². The summed E-state index contributed by atoms with van der Waals surface area (Å²) in [5.74, 6) is -0.400. The van der Waals surface area contributed by atoms with E-state index in [1.165, 1.54) is 17.4 Å². The predicted octanol–water partition coefficient (Wildman–Crippen LogP) is 3.00. The number of hydrogen-bond donors (Lipinski definition) is 2. The highest BCUT2D eigenvalue weighted by atomic mass is 35.5.